The summed E-state index contributed by atoms with van der Waals surface area (Å²) in [6.45, 7) is 2.77. The Morgan fingerprint density at radius 3 is 2.43 bits per heavy atom. The molecule has 116 valence electrons. The lowest BCUT2D eigenvalue weighted by Gasteiger charge is -2.16. The van der Waals surface area contributed by atoms with E-state index in [-0.39, 0.29) is 18.6 Å². The van der Waals surface area contributed by atoms with E-state index in [0.29, 0.717) is 25.1 Å². The molecule has 0 radical (unpaired) electrons. The van der Waals surface area contributed by atoms with Crippen LogP contribution in [-0.2, 0) is 11.2 Å². The molecule has 1 heterocycles. The van der Waals surface area contributed by atoms with Crippen LogP contribution in [0.1, 0.15) is 25.3 Å². The number of hydrogen-bond acceptors (Lipinski definition) is 3. The van der Waals surface area contributed by atoms with Crippen LogP contribution in [0.25, 0.3) is 0 Å². The van der Waals surface area contributed by atoms with Crippen LogP contribution >= 0.6 is 0 Å². The third kappa shape index (κ3) is 4.14. The Morgan fingerprint density at radius 1 is 1.33 bits per heavy atom. The number of ether oxygens (including phenoxy) is 1. The molecule has 1 aliphatic heterocycles. The molecule has 21 heavy (non-hydrogen) atoms. The standard InChI is InChI=1S/C15H20F2N2O2/c1-10(18)6-11-7-12(16)15(13(17)8-11)21-9-14(20)19-4-2-3-5-19/h7-8,10H,2-6,9,18H2,1H3. The number of nitrogens with two attached hydrogens (primary N) is 1. The van der Waals surface area contributed by atoms with Gasteiger partial charge < -0.3 is 15.4 Å². The fraction of sp³-hybridized carbons (Fsp3) is 0.533. The van der Waals surface area contributed by atoms with Crippen molar-refractivity contribution in [3.63, 3.8) is 0 Å². The van der Waals surface area contributed by atoms with E-state index in [1.807, 2.05) is 0 Å². The van der Waals surface area contributed by atoms with Gasteiger partial charge >= 0.3 is 0 Å². The van der Waals surface area contributed by atoms with Gasteiger partial charge in [-0.15, -0.1) is 0 Å². The zero-order valence-corrected chi connectivity index (χ0v) is 12.1. The summed E-state index contributed by atoms with van der Waals surface area (Å²) in [7, 11) is 0. The van der Waals surface area contributed by atoms with Crippen molar-refractivity contribution in [2.75, 3.05) is 19.7 Å². The topological polar surface area (TPSA) is 55.6 Å². The van der Waals surface area contributed by atoms with Gasteiger partial charge in [0.1, 0.15) is 0 Å². The predicted octanol–water partition coefficient (Wildman–Crippen LogP) is 1.86. The maximum atomic E-state index is 13.9. The van der Waals surface area contributed by atoms with Crippen LogP contribution in [0.3, 0.4) is 0 Å². The van der Waals surface area contributed by atoms with Crippen LogP contribution in [0.5, 0.6) is 5.75 Å². The maximum Gasteiger partial charge on any atom is 0.260 e. The van der Waals surface area contributed by atoms with Crippen LogP contribution in [-0.4, -0.2) is 36.5 Å². The second kappa shape index (κ2) is 6.85. The first-order chi connectivity index (χ1) is 9.97. The first-order valence-corrected chi connectivity index (χ1v) is 7.11. The van der Waals surface area contributed by atoms with E-state index in [2.05, 4.69) is 0 Å². The molecule has 0 bridgehead atoms. The summed E-state index contributed by atoms with van der Waals surface area (Å²) in [5.74, 6) is -2.36. The minimum absolute atomic E-state index is 0.188. The molecule has 1 atom stereocenters. The molecule has 1 saturated heterocycles. The highest BCUT2D eigenvalue weighted by Crippen LogP contribution is 2.24. The molecular weight excluding hydrogens is 278 g/mol. The van der Waals surface area contributed by atoms with Gasteiger partial charge in [-0.1, -0.05) is 0 Å². The van der Waals surface area contributed by atoms with Gasteiger partial charge in [0.05, 0.1) is 0 Å². The first-order valence-electron chi connectivity index (χ1n) is 7.11. The average Bonchev–Trinajstić information content (AvgIpc) is 2.90. The number of carbonyl (C=O) groups is 1. The summed E-state index contributed by atoms with van der Waals surface area (Å²) < 4.78 is 32.7. The Hall–Kier alpha value is -1.69. The third-order valence-corrected chi connectivity index (χ3v) is 3.41. The molecule has 1 aliphatic rings. The van der Waals surface area contributed by atoms with Crippen molar-refractivity contribution in [2.45, 2.75) is 32.2 Å². The van der Waals surface area contributed by atoms with Gasteiger partial charge in [0, 0.05) is 19.1 Å². The first kappa shape index (κ1) is 15.7. The summed E-state index contributed by atoms with van der Waals surface area (Å²) in [5.41, 5.74) is 6.08. The second-order valence-electron chi connectivity index (χ2n) is 5.45. The van der Waals surface area contributed by atoms with Gasteiger partial charge in [0.15, 0.2) is 24.0 Å². The number of rotatable bonds is 5. The number of hydrogen-bond donors (Lipinski definition) is 1. The molecule has 1 fully saturated rings. The SMILES string of the molecule is CC(N)Cc1cc(F)c(OCC(=O)N2CCCC2)c(F)c1. The molecule has 1 aromatic carbocycles. The van der Waals surface area contributed by atoms with Gasteiger partial charge in [-0.3, -0.25) is 4.79 Å². The molecule has 1 aromatic rings. The largest absolute Gasteiger partial charge is 0.478 e. The number of nitrogens with zero attached hydrogens (tertiary/aromatic N) is 1. The van der Waals surface area contributed by atoms with Crippen molar-refractivity contribution >= 4 is 5.91 Å². The van der Waals surface area contributed by atoms with Crippen molar-refractivity contribution in [2.24, 2.45) is 5.73 Å². The minimum atomic E-state index is -0.806. The minimum Gasteiger partial charge on any atom is -0.478 e. The number of carbonyl (C=O) groups excluding carboxylic acids is 1. The quantitative estimate of drug-likeness (QED) is 0.902. The second-order valence-corrected chi connectivity index (χ2v) is 5.45. The van der Waals surface area contributed by atoms with Gasteiger partial charge in [-0.2, -0.15) is 0 Å². The molecule has 2 rings (SSSR count). The van der Waals surface area contributed by atoms with Gasteiger partial charge in [0.25, 0.3) is 5.91 Å². The summed E-state index contributed by atoms with van der Waals surface area (Å²) in [5, 5.41) is 0. The lowest BCUT2D eigenvalue weighted by atomic mass is 10.1. The lowest BCUT2D eigenvalue weighted by molar-refractivity contribution is -0.132. The van der Waals surface area contributed by atoms with E-state index >= 15 is 0 Å². The summed E-state index contributed by atoms with van der Waals surface area (Å²) >= 11 is 0. The average molecular weight is 298 g/mol. The molecule has 4 nitrogen and oxygen atoms in total. The molecule has 2 N–H and O–H groups in total. The number of halogens is 2. The van der Waals surface area contributed by atoms with E-state index in [1.165, 1.54) is 12.1 Å². The highest BCUT2D eigenvalue weighted by molar-refractivity contribution is 5.78. The molecule has 0 saturated carbocycles. The van der Waals surface area contributed by atoms with E-state index < -0.39 is 17.4 Å². The molecule has 0 aromatic heterocycles. The van der Waals surface area contributed by atoms with Gasteiger partial charge in [-0.05, 0) is 43.9 Å². The Labute approximate surface area is 122 Å². The van der Waals surface area contributed by atoms with Gasteiger partial charge in [-0.25, -0.2) is 8.78 Å². The Kier molecular flexibility index (Phi) is 5.12. The zero-order valence-electron chi connectivity index (χ0n) is 12.1. The highest BCUT2D eigenvalue weighted by atomic mass is 19.1. The van der Waals surface area contributed by atoms with Crippen LogP contribution < -0.4 is 10.5 Å². The number of likely N-dealkylation sites (tertiary alicyclic amines) is 1. The normalized spacial score (nSPS) is 16.1. The van der Waals surface area contributed by atoms with Crippen LogP contribution in [0.15, 0.2) is 12.1 Å². The van der Waals surface area contributed by atoms with E-state index in [4.69, 9.17) is 10.5 Å². The Bertz CT molecular complexity index is 491. The van der Waals surface area contributed by atoms with Crippen molar-refractivity contribution < 1.29 is 18.3 Å². The summed E-state index contributed by atoms with van der Waals surface area (Å²) in [6.07, 6.45) is 2.29. The molecular formula is C15H20F2N2O2. The zero-order chi connectivity index (χ0) is 15.4. The smallest absolute Gasteiger partial charge is 0.260 e. The van der Waals surface area contributed by atoms with Crippen molar-refractivity contribution in [3.8, 4) is 5.75 Å². The van der Waals surface area contributed by atoms with E-state index in [0.717, 1.165) is 12.8 Å². The van der Waals surface area contributed by atoms with E-state index in [1.54, 1.807) is 11.8 Å². The van der Waals surface area contributed by atoms with Crippen LogP contribution in [0, 0.1) is 11.6 Å². The predicted molar refractivity (Wildman–Crippen MR) is 75.0 cm³/mol. The summed E-state index contributed by atoms with van der Waals surface area (Å²) in [6, 6.07) is 2.21. The Morgan fingerprint density at radius 2 is 1.90 bits per heavy atom. The van der Waals surface area contributed by atoms with Crippen molar-refractivity contribution in [3.05, 3.63) is 29.3 Å². The van der Waals surface area contributed by atoms with Crippen molar-refractivity contribution in [1.82, 2.24) is 4.90 Å². The summed E-state index contributed by atoms with van der Waals surface area (Å²) in [4.78, 5) is 13.4. The highest BCUT2D eigenvalue weighted by Gasteiger charge is 2.20. The lowest BCUT2D eigenvalue weighted by Crippen LogP contribution is -2.32. The molecule has 6 heteroatoms. The fourth-order valence-electron chi connectivity index (χ4n) is 2.43. The van der Waals surface area contributed by atoms with E-state index in [9.17, 15) is 13.6 Å². The monoisotopic (exact) mass is 298 g/mol. The molecule has 0 aliphatic carbocycles. The van der Waals surface area contributed by atoms with Crippen LogP contribution in [0.2, 0.25) is 0 Å². The maximum absolute atomic E-state index is 13.9. The Balaban J connectivity index is 2.01. The molecule has 1 unspecified atom stereocenters. The van der Waals surface area contributed by atoms with Gasteiger partial charge in [0.2, 0.25) is 0 Å². The molecule has 1 amide bonds. The number of amides is 1. The molecule has 0 spiro atoms. The van der Waals surface area contributed by atoms with Crippen LogP contribution in [0.4, 0.5) is 8.78 Å². The van der Waals surface area contributed by atoms with Crippen molar-refractivity contribution in [1.29, 1.82) is 0 Å². The third-order valence-electron chi connectivity index (χ3n) is 3.41. The fourth-order valence-corrected chi connectivity index (χ4v) is 2.43. The number of benzene rings is 1.